The third kappa shape index (κ3) is 10.4. The van der Waals surface area contributed by atoms with Gasteiger partial charge in [0, 0.05) is 35.0 Å². The molecule has 3 aliphatic rings. The fraction of sp³-hybridized carbons (Fsp3) is 0.523. The molecule has 286 valence electrons. The molecule has 0 unspecified atom stereocenters. The number of esters is 1. The maximum absolute atomic E-state index is 13.6. The number of hydrogen-bond donors (Lipinski definition) is 1. The Morgan fingerprint density at radius 1 is 1.15 bits per heavy atom. The van der Waals surface area contributed by atoms with Crippen molar-refractivity contribution in [2.45, 2.75) is 123 Å². The predicted molar refractivity (Wildman–Crippen MR) is 216 cm³/mol. The summed E-state index contributed by atoms with van der Waals surface area (Å²) in [6.07, 6.45) is 14.3. The average molecular weight is 760 g/mol. The summed E-state index contributed by atoms with van der Waals surface area (Å²) < 4.78 is 12.2. The third-order valence-corrected chi connectivity index (χ3v) is 12.5. The van der Waals surface area contributed by atoms with Gasteiger partial charge in [-0.05, 0) is 114 Å². The number of carbonyl (C=O) groups excluding carboxylic acids is 3. The number of phenols is 1. The predicted octanol–water partition coefficient (Wildman–Crippen LogP) is 10.2. The Bertz CT molecular complexity index is 1750. The Labute approximate surface area is 324 Å². The minimum Gasteiger partial charge on any atom is -0.507 e. The van der Waals surface area contributed by atoms with Gasteiger partial charge in [0.2, 0.25) is 5.91 Å². The smallest absolute Gasteiger partial charge is 0.355 e. The highest BCUT2D eigenvalue weighted by Gasteiger charge is 2.54. The lowest BCUT2D eigenvalue weighted by Gasteiger charge is -2.50. The van der Waals surface area contributed by atoms with Crippen LogP contribution in [0.5, 0.6) is 11.5 Å². The molecule has 5 rings (SSSR count). The SMILES string of the molecule is C=C(C)[C@@H]1CCC(C)=C[C@H]1c1c(O)cc(CCCCC)cc1OC/C=C/CCC1=C(C(=O)OC(C)(C)C)N2C(=O)[C@@H](CC(=O)Cc3cccs3)[C@H]2SC1. The summed E-state index contributed by atoms with van der Waals surface area (Å²) in [5.74, 6) is 0.749. The second-order valence-corrected chi connectivity index (χ2v) is 17.9. The monoisotopic (exact) mass is 759 g/mol. The van der Waals surface area contributed by atoms with Crippen LogP contribution < -0.4 is 4.74 Å². The number of rotatable bonds is 17. The van der Waals surface area contributed by atoms with Crippen molar-refractivity contribution < 1.29 is 29.0 Å². The van der Waals surface area contributed by atoms with E-state index in [0.29, 0.717) is 43.1 Å². The number of ether oxygens (including phenoxy) is 2. The number of benzene rings is 1. The molecule has 0 saturated carbocycles. The minimum absolute atomic E-state index is 0.00121. The van der Waals surface area contributed by atoms with Crippen LogP contribution in [0.4, 0.5) is 0 Å². The van der Waals surface area contributed by atoms with Crippen LogP contribution in [-0.4, -0.2) is 51.0 Å². The number of β-lactam (4-membered cyclic amide) rings is 1. The molecule has 1 aromatic heterocycles. The maximum atomic E-state index is 13.6. The summed E-state index contributed by atoms with van der Waals surface area (Å²) in [4.78, 5) is 42.5. The molecule has 1 fully saturated rings. The zero-order valence-corrected chi connectivity index (χ0v) is 34.0. The quantitative estimate of drug-likeness (QED) is 0.0743. The number of thiophene rings is 1. The molecule has 3 heterocycles. The number of allylic oxidation sites excluding steroid dienone is 4. The van der Waals surface area contributed by atoms with Gasteiger partial charge in [0.15, 0.2) is 0 Å². The molecular formula is C44H57NO6S2. The van der Waals surface area contributed by atoms with Gasteiger partial charge in [0.1, 0.15) is 35.2 Å². The Balaban J connectivity index is 1.28. The maximum Gasteiger partial charge on any atom is 0.355 e. The van der Waals surface area contributed by atoms with E-state index in [1.54, 1.807) is 28.0 Å². The van der Waals surface area contributed by atoms with Crippen molar-refractivity contribution in [3.8, 4) is 11.5 Å². The third-order valence-electron chi connectivity index (χ3n) is 10.2. The van der Waals surface area contributed by atoms with Gasteiger partial charge in [-0.15, -0.1) is 23.1 Å². The van der Waals surface area contributed by atoms with E-state index in [-0.39, 0.29) is 41.1 Å². The molecule has 0 spiro atoms. The van der Waals surface area contributed by atoms with Gasteiger partial charge in [-0.2, -0.15) is 0 Å². The van der Waals surface area contributed by atoms with Gasteiger partial charge in [0.25, 0.3) is 0 Å². The van der Waals surface area contributed by atoms with Crippen LogP contribution in [0, 0.1) is 11.8 Å². The number of aromatic hydroxyl groups is 1. The number of carbonyl (C=O) groups is 3. The van der Waals surface area contributed by atoms with Crippen molar-refractivity contribution in [1.29, 1.82) is 0 Å². The molecule has 7 nitrogen and oxygen atoms in total. The molecule has 53 heavy (non-hydrogen) atoms. The van der Waals surface area contributed by atoms with Crippen LogP contribution in [0.1, 0.15) is 115 Å². The normalized spacial score (nSPS) is 21.7. The van der Waals surface area contributed by atoms with Crippen molar-refractivity contribution >= 4 is 40.8 Å². The number of Topliss-reactive ketones (excluding diaryl/α,β-unsaturated/α-hetero) is 1. The van der Waals surface area contributed by atoms with Crippen molar-refractivity contribution in [1.82, 2.24) is 4.90 Å². The number of nitrogens with zero attached hydrogens (tertiary/aromatic N) is 1. The van der Waals surface area contributed by atoms with Crippen molar-refractivity contribution in [2.24, 2.45) is 11.8 Å². The highest BCUT2D eigenvalue weighted by molar-refractivity contribution is 8.00. The van der Waals surface area contributed by atoms with E-state index in [1.807, 2.05) is 56.5 Å². The van der Waals surface area contributed by atoms with Gasteiger partial charge >= 0.3 is 5.97 Å². The summed E-state index contributed by atoms with van der Waals surface area (Å²) in [6, 6.07) is 7.88. The number of amides is 1. The lowest BCUT2D eigenvalue weighted by molar-refractivity contribution is -0.161. The Morgan fingerprint density at radius 3 is 2.64 bits per heavy atom. The van der Waals surface area contributed by atoms with Crippen molar-refractivity contribution in [3.05, 3.63) is 92.9 Å². The molecule has 1 aromatic carbocycles. The summed E-state index contributed by atoms with van der Waals surface area (Å²) in [6.45, 7) is 16.5. The second kappa shape index (κ2) is 18.2. The van der Waals surface area contributed by atoms with Crippen LogP contribution in [0.25, 0.3) is 0 Å². The molecule has 4 atom stereocenters. The molecule has 1 aliphatic carbocycles. The average Bonchev–Trinajstić information content (AvgIpc) is 3.60. The fourth-order valence-electron chi connectivity index (χ4n) is 7.58. The summed E-state index contributed by atoms with van der Waals surface area (Å²) in [5, 5.41) is 13.1. The van der Waals surface area contributed by atoms with E-state index in [2.05, 4.69) is 39.5 Å². The Morgan fingerprint density at radius 2 is 1.94 bits per heavy atom. The minimum atomic E-state index is -0.715. The number of thioether (sulfide) groups is 1. The zero-order chi connectivity index (χ0) is 38.3. The number of unbranched alkanes of at least 4 members (excludes halogenated alkanes) is 2. The topological polar surface area (TPSA) is 93.1 Å². The van der Waals surface area contributed by atoms with E-state index in [1.165, 1.54) is 5.57 Å². The van der Waals surface area contributed by atoms with E-state index in [4.69, 9.17) is 9.47 Å². The van der Waals surface area contributed by atoms with Crippen molar-refractivity contribution in [3.63, 3.8) is 0 Å². The van der Waals surface area contributed by atoms with E-state index in [0.717, 1.165) is 65.7 Å². The highest BCUT2D eigenvalue weighted by Crippen LogP contribution is 2.48. The first-order valence-electron chi connectivity index (χ1n) is 19.2. The summed E-state index contributed by atoms with van der Waals surface area (Å²) >= 11 is 3.16. The standard InChI is InChI=1S/C44H57NO6S2/c1-8-9-11-15-30-23-37(47)39(35-22-29(4)18-19-34(35)28(2)3)38(24-30)50-20-13-10-12-16-31-27-53-42-36(26-32(46)25-33-17-14-21-52-33)41(48)45(42)40(31)43(49)51-44(5,6)7/h10,13-14,17,21-24,34-36,42,47H,2,8-9,11-12,15-16,18-20,25-27H2,1,3-7H3/b13-10+/t34-,35+,36+,42+/m0/s1. The van der Waals surface area contributed by atoms with Gasteiger partial charge in [0.05, 0.1) is 11.3 Å². The molecule has 2 aromatic rings. The molecule has 0 radical (unpaired) electrons. The van der Waals surface area contributed by atoms with E-state index < -0.39 is 17.5 Å². The van der Waals surface area contributed by atoms with Gasteiger partial charge in [-0.25, -0.2) is 4.79 Å². The van der Waals surface area contributed by atoms with Crippen LogP contribution in [0.2, 0.25) is 0 Å². The number of ketones is 1. The van der Waals surface area contributed by atoms with E-state index >= 15 is 0 Å². The zero-order valence-electron chi connectivity index (χ0n) is 32.4. The van der Waals surface area contributed by atoms with Crippen molar-refractivity contribution in [2.75, 3.05) is 12.4 Å². The number of aryl methyl sites for hydroxylation is 1. The summed E-state index contributed by atoms with van der Waals surface area (Å²) in [5.41, 5.74) is 4.83. The lowest BCUT2D eigenvalue weighted by Crippen LogP contribution is -2.62. The molecule has 1 amide bonds. The summed E-state index contributed by atoms with van der Waals surface area (Å²) in [7, 11) is 0. The Kier molecular flexibility index (Phi) is 13.9. The lowest BCUT2D eigenvalue weighted by atomic mass is 9.73. The molecule has 9 heteroatoms. The molecular weight excluding hydrogens is 703 g/mol. The number of hydrogen-bond acceptors (Lipinski definition) is 8. The van der Waals surface area contributed by atoms with E-state index in [9.17, 15) is 19.5 Å². The Hall–Kier alpha value is -3.56. The van der Waals surface area contributed by atoms with Gasteiger partial charge in [-0.1, -0.05) is 61.8 Å². The molecule has 0 bridgehead atoms. The first kappa shape index (κ1) is 40.6. The first-order valence-corrected chi connectivity index (χ1v) is 21.1. The van der Waals surface area contributed by atoms with Crippen LogP contribution >= 0.6 is 23.1 Å². The van der Waals surface area contributed by atoms with Gasteiger partial charge < -0.3 is 14.6 Å². The largest absolute Gasteiger partial charge is 0.507 e. The molecule has 2 aliphatic heterocycles. The fourth-order valence-corrected chi connectivity index (χ4v) is 9.77. The van der Waals surface area contributed by atoms with Gasteiger partial charge in [-0.3, -0.25) is 14.5 Å². The first-order chi connectivity index (χ1) is 25.3. The second-order valence-electron chi connectivity index (χ2n) is 15.8. The van der Waals surface area contributed by atoms with Crippen LogP contribution in [-0.2, 0) is 32.0 Å². The van der Waals surface area contributed by atoms with Crippen LogP contribution in [0.15, 0.2) is 76.9 Å². The van der Waals surface area contributed by atoms with Crippen LogP contribution in [0.3, 0.4) is 0 Å². The number of fused-ring (bicyclic) bond motifs is 1. The molecule has 1 saturated heterocycles. The highest BCUT2D eigenvalue weighted by atomic mass is 32.2. The number of phenolic OH excluding ortho intramolecular Hbond substituents is 1. The molecule has 1 N–H and O–H groups in total.